The lowest BCUT2D eigenvalue weighted by Gasteiger charge is -2.44. The molecule has 156 valence electrons. The second-order valence-electron chi connectivity index (χ2n) is 8.91. The average molecular weight is 412 g/mol. The molecule has 0 fully saturated rings. The molecule has 2 aromatic rings. The van der Waals surface area contributed by atoms with Gasteiger partial charge in [0.05, 0.1) is 6.61 Å². The van der Waals surface area contributed by atoms with Gasteiger partial charge in [-0.1, -0.05) is 87.0 Å². The fourth-order valence-electron chi connectivity index (χ4n) is 3.95. The topological polar surface area (TPSA) is 61.6 Å². The van der Waals surface area contributed by atoms with Gasteiger partial charge in [0.25, 0.3) is 8.32 Å². The van der Waals surface area contributed by atoms with Crippen molar-refractivity contribution in [2.45, 2.75) is 52.2 Å². The van der Waals surface area contributed by atoms with E-state index in [1.807, 2.05) is 63.2 Å². The molecule has 0 saturated carbocycles. The molecule has 0 spiro atoms. The lowest BCUT2D eigenvalue weighted by molar-refractivity contribution is 0.0268. The quantitative estimate of drug-likeness (QED) is 0.543. The molecule has 1 atom stereocenters. The van der Waals surface area contributed by atoms with Crippen molar-refractivity contribution in [3.8, 4) is 0 Å². The molecule has 2 aromatic carbocycles. The van der Waals surface area contributed by atoms with Crippen molar-refractivity contribution >= 4 is 24.8 Å². The summed E-state index contributed by atoms with van der Waals surface area (Å²) in [5, 5.41) is 2.20. The van der Waals surface area contributed by atoms with E-state index in [-0.39, 0.29) is 11.6 Å². The van der Waals surface area contributed by atoms with Crippen LogP contribution in [0.3, 0.4) is 0 Å². The standard InChI is InChI=1S/C24H33NO3Si/c1-19(2)17-24(6,28-22(25)26)18-27-29(23(3,4)5,20-13-9-7-10-14-20)21-15-11-8-12-16-21/h7-17H,18H2,1-6H3,(H2,25,26). The third-order valence-electron chi connectivity index (χ3n) is 4.92. The maximum Gasteiger partial charge on any atom is 0.405 e. The van der Waals surface area contributed by atoms with E-state index in [0.717, 1.165) is 5.57 Å². The number of rotatable bonds is 7. The van der Waals surface area contributed by atoms with Gasteiger partial charge in [0.15, 0.2) is 5.60 Å². The molecule has 4 nitrogen and oxygen atoms in total. The van der Waals surface area contributed by atoms with Gasteiger partial charge in [-0.15, -0.1) is 0 Å². The number of benzene rings is 2. The Morgan fingerprint density at radius 2 is 1.38 bits per heavy atom. The summed E-state index contributed by atoms with van der Waals surface area (Å²) in [6.45, 7) is 12.6. The van der Waals surface area contributed by atoms with Gasteiger partial charge in [0, 0.05) is 0 Å². The van der Waals surface area contributed by atoms with Crippen molar-refractivity contribution in [1.29, 1.82) is 0 Å². The summed E-state index contributed by atoms with van der Waals surface area (Å²) < 4.78 is 12.4. The van der Waals surface area contributed by atoms with Crippen molar-refractivity contribution in [3.05, 3.63) is 72.3 Å². The van der Waals surface area contributed by atoms with Crippen molar-refractivity contribution in [2.24, 2.45) is 5.73 Å². The Hall–Kier alpha value is -2.37. The maximum atomic E-state index is 11.6. The zero-order valence-corrected chi connectivity index (χ0v) is 19.4. The highest BCUT2D eigenvalue weighted by molar-refractivity contribution is 6.99. The molecule has 0 aliphatic heterocycles. The molecule has 2 N–H and O–H groups in total. The molecule has 0 bridgehead atoms. The predicted molar refractivity (Wildman–Crippen MR) is 122 cm³/mol. The number of hydrogen-bond donors (Lipinski definition) is 1. The van der Waals surface area contributed by atoms with E-state index in [1.165, 1.54) is 10.4 Å². The van der Waals surface area contributed by atoms with Crippen LogP contribution < -0.4 is 16.1 Å². The van der Waals surface area contributed by atoms with Crippen molar-refractivity contribution in [2.75, 3.05) is 6.61 Å². The third kappa shape index (κ3) is 5.37. The first-order valence-electron chi connectivity index (χ1n) is 9.90. The Balaban J connectivity index is 2.62. The van der Waals surface area contributed by atoms with Crippen molar-refractivity contribution in [3.63, 3.8) is 0 Å². The largest absolute Gasteiger partial charge is 0.437 e. The molecular weight excluding hydrogens is 378 g/mol. The van der Waals surface area contributed by atoms with Crippen LogP contribution in [0.5, 0.6) is 0 Å². The van der Waals surface area contributed by atoms with Crippen LogP contribution in [0.1, 0.15) is 41.5 Å². The second-order valence-corrected chi connectivity index (χ2v) is 13.2. The van der Waals surface area contributed by atoms with E-state index in [4.69, 9.17) is 14.9 Å². The molecule has 0 radical (unpaired) electrons. The highest BCUT2D eigenvalue weighted by Crippen LogP contribution is 2.37. The molecule has 1 unspecified atom stereocenters. The van der Waals surface area contributed by atoms with Gasteiger partial charge in [-0.2, -0.15) is 0 Å². The van der Waals surface area contributed by atoms with Crippen LogP contribution in [0.15, 0.2) is 72.3 Å². The number of carbonyl (C=O) groups is 1. The number of ether oxygens (including phenoxy) is 1. The molecule has 29 heavy (non-hydrogen) atoms. The van der Waals surface area contributed by atoms with Crippen molar-refractivity contribution < 1.29 is 14.0 Å². The predicted octanol–water partition coefficient (Wildman–Crippen LogP) is 4.38. The summed E-state index contributed by atoms with van der Waals surface area (Å²) >= 11 is 0. The summed E-state index contributed by atoms with van der Waals surface area (Å²) in [5.41, 5.74) is 5.45. The van der Waals surface area contributed by atoms with Gasteiger partial charge >= 0.3 is 6.09 Å². The minimum absolute atomic E-state index is 0.158. The van der Waals surface area contributed by atoms with Gasteiger partial charge in [-0.05, 0) is 42.3 Å². The molecule has 0 heterocycles. The number of hydrogen-bond acceptors (Lipinski definition) is 3. The van der Waals surface area contributed by atoms with E-state index >= 15 is 0 Å². The number of primary amides is 1. The average Bonchev–Trinajstić information content (AvgIpc) is 2.61. The minimum Gasteiger partial charge on any atom is -0.437 e. The zero-order valence-electron chi connectivity index (χ0n) is 18.4. The number of allylic oxidation sites excluding steroid dienone is 1. The summed E-state index contributed by atoms with van der Waals surface area (Å²) in [5.74, 6) is 0. The molecule has 1 amide bonds. The first kappa shape index (κ1) is 22.9. The summed E-state index contributed by atoms with van der Waals surface area (Å²) in [6.07, 6.45) is 1.09. The number of amides is 1. The van der Waals surface area contributed by atoms with Crippen LogP contribution in [0.2, 0.25) is 5.04 Å². The lowest BCUT2D eigenvalue weighted by atomic mass is 10.1. The van der Waals surface area contributed by atoms with Crippen LogP contribution >= 0.6 is 0 Å². The molecule has 5 heteroatoms. The van der Waals surface area contributed by atoms with E-state index < -0.39 is 20.0 Å². The normalized spacial score (nSPS) is 14.0. The maximum absolute atomic E-state index is 11.6. The van der Waals surface area contributed by atoms with Crippen molar-refractivity contribution in [1.82, 2.24) is 0 Å². The van der Waals surface area contributed by atoms with Gasteiger partial charge in [0.1, 0.15) is 0 Å². The highest BCUT2D eigenvalue weighted by Gasteiger charge is 2.51. The smallest absolute Gasteiger partial charge is 0.405 e. The second kappa shape index (κ2) is 8.97. The Morgan fingerprint density at radius 1 is 0.931 bits per heavy atom. The minimum atomic E-state index is -2.72. The van der Waals surface area contributed by atoms with Gasteiger partial charge in [-0.25, -0.2) is 4.79 Å². The van der Waals surface area contributed by atoms with Crippen LogP contribution in [-0.2, 0) is 9.16 Å². The molecule has 2 rings (SSSR count). The molecule has 0 aliphatic rings. The molecule has 0 aromatic heterocycles. The first-order valence-corrected chi connectivity index (χ1v) is 11.8. The SMILES string of the molecule is CC(C)=CC(C)(CO[Si](c1ccccc1)(c1ccccc1)C(C)(C)C)OC(N)=O. The molecular formula is C24H33NO3Si. The fraction of sp³-hybridized carbons (Fsp3) is 0.375. The first-order chi connectivity index (χ1) is 13.5. The summed E-state index contributed by atoms with van der Waals surface area (Å²) in [6, 6.07) is 20.8. The van der Waals surface area contributed by atoms with E-state index in [1.54, 1.807) is 0 Å². The van der Waals surface area contributed by atoms with Crippen LogP contribution in [0, 0.1) is 0 Å². The Bertz CT molecular complexity index is 800. The number of nitrogens with two attached hydrogens (primary N) is 1. The van der Waals surface area contributed by atoms with E-state index in [9.17, 15) is 4.79 Å². The fourth-order valence-corrected chi connectivity index (χ4v) is 8.61. The summed E-state index contributed by atoms with van der Waals surface area (Å²) in [4.78, 5) is 11.6. The molecule has 0 saturated heterocycles. The van der Waals surface area contributed by atoms with E-state index in [2.05, 4.69) is 45.0 Å². The zero-order chi connectivity index (χ0) is 21.7. The number of carbonyl (C=O) groups excluding carboxylic acids is 1. The summed E-state index contributed by atoms with van der Waals surface area (Å²) in [7, 11) is -2.72. The van der Waals surface area contributed by atoms with Crippen LogP contribution in [0.4, 0.5) is 4.79 Å². The lowest BCUT2D eigenvalue weighted by Crippen LogP contribution is -2.67. The Morgan fingerprint density at radius 3 is 1.72 bits per heavy atom. The van der Waals surface area contributed by atoms with Crippen LogP contribution in [0.25, 0.3) is 0 Å². The Labute approximate surface area is 175 Å². The Kier molecular flexibility index (Phi) is 7.09. The van der Waals surface area contributed by atoms with E-state index in [0.29, 0.717) is 0 Å². The third-order valence-corrected chi connectivity index (χ3v) is 9.90. The highest BCUT2D eigenvalue weighted by atomic mass is 28.4. The monoisotopic (exact) mass is 411 g/mol. The van der Waals surface area contributed by atoms with Gasteiger partial charge in [0.2, 0.25) is 0 Å². The van der Waals surface area contributed by atoms with Gasteiger partial charge < -0.3 is 14.9 Å². The molecule has 0 aliphatic carbocycles. The van der Waals surface area contributed by atoms with Crippen LogP contribution in [-0.4, -0.2) is 26.6 Å². The van der Waals surface area contributed by atoms with Gasteiger partial charge in [-0.3, -0.25) is 0 Å².